The van der Waals surface area contributed by atoms with Crippen LogP contribution in [0.3, 0.4) is 0 Å². The third-order valence-corrected chi connectivity index (χ3v) is 5.58. The fraction of sp³-hybridized carbons (Fsp3) is 0.316. The van der Waals surface area contributed by atoms with Gasteiger partial charge >= 0.3 is 5.97 Å². The Morgan fingerprint density at radius 3 is 2.68 bits per heavy atom. The maximum atomic E-state index is 11.7. The molecule has 1 aliphatic rings. The summed E-state index contributed by atoms with van der Waals surface area (Å²) in [5.41, 5.74) is 1.68. The molecule has 132 valence electrons. The number of nitrogens with zero attached hydrogens (tertiary/aromatic N) is 1. The van der Waals surface area contributed by atoms with Crippen LogP contribution in [0.25, 0.3) is 0 Å². The molecule has 2 aromatic rings. The van der Waals surface area contributed by atoms with Crippen LogP contribution in [0.4, 0.5) is 0 Å². The molecule has 0 amide bonds. The number of ether oxygens (including phenoxy) is 1. The van der Waals surface area contributed by atoms with Crippen molar-refractivity contribution in [2.45, 2.75) is 24.9 Å². The summed E-state index contributed by atoms with van der Waals surface area (Å²) in [5, 5.41) is 19.6. The number of phenolic OH excluding ortho intramolecular Hbond substituents is 1. The first-order chi connectivity index (χ1) is 12.1. The van der Waals surface area contributed by atoms with E-state index in [0.29, 0.717) is 18.9 Å². The molecule has 5 nitrogen and oxygen atoms in total. The van der Waals surface area contributed by atoms with Crippen molar-refractivity contribution in [1.82, 2.24) is 4.90 Å². The SMILES string of the molecule is CCOc1ccccc1CN1C(C(=O)O)CSC1c1ccccc1O. The highest BCUT2D eigenvalue weighted by molar-refractivity contribution is 7.99. The van der Waals surface area contributed by atoms with E-state index in [0.717, 1.165) is 16.9 Å². The Morgan fingerprint density at radius 2 is 1.96 bits per heavy atom. The molecule has 6 heteroatoms. The van der Waals surface area contributed by atoms with E-state index >= 15 is 0 Å². The lowest BCUT2D eigenvalue weighted by atomic mass is 10.1. The summed E-state index contributed by atoms with van der Waals surface area (Å²) in [6.07, 6.45) is 0. The average molecular weight is 359 g/mol. The Kier molecular flexibility index (Phi) is 5.50. The highest BCUT2D eigenvalue weighted by Gasteiger charge is 2.40. The van der Waals surface area contributed by atoms with Crippen molar-refractivity contribution >= 4 is 17.7 Å². The van der Waals surface area contributed by atoms with Crippen molar-refractivity contribution in [2.75, 3.05) is 12.4 Å². The number of hydrogen-bond acceptors (Lipinski definition) is 5. The maximum Gasteiger partial charge on any atom is 0.321 e. The number of carboxylic acid groups (broad SMARTS) is 1. The number of hydrogen-bond donors (Lipinski definition) is 2. The molecule has 0 bridgehead atoms. The molecular weight excluding hydrogens is 338 g/mol. The fourth-order valence-electron chi connectivity index (χ4n) is 3.04. The second-order valence-electron chi connectivity index (χ2n) is 5.81. The molecule has 3 rings (SSSR count). The third-order valence-electron chi connectivity index (χ3n) is 4.23. The van der Waals surface area contributed by atoms with Crippen LogP contribution in [0.15, 0.2) is 48.5 Å². The molecular formula is C19H21NO4S. The summed E-state index contributed by atoms with van der Waals surface area (Å²) in [6.45, 7) is 2.92. The normalized spacial score (nSPS) is 20.5. The lowest BCUT2D eigenvalue weighted by Gasteiger charge is -2.28. The number of aliphatic carboxylic acids is 1. The number of carbonyl (C=O) groups is 1. The number of aromatic hydroxyl groups is 1. The van der Waals surface area contributed by atoms with Gasteiger partial charge in [0.25, 0.3) is 0 Å². The van der Waals surface area contributed by atoms with Crippen molar-refractivity contribution in [3.63, 3.8) is 0 Å². The van der Waals surface area contributed by atoms with Crippen LogP contribution in [-0.4, -0.2) is 39.5 Å². The van der Waals surface area contributed by atoms with Gasteiger partial charge in [0.05, 0.1) is 12.0 Å². The van der Waals surface area contributed by atoms with Crippen molar-refractivity contribution in [2.24, 2.45) is 0 Å². The minimum absolute atomic E-state index is 0.189. The molecule has 1 fully saturated rings. The highest BCUT2D eigenvalue weighted by atomic mass is 32.2. The smallest absolute Gasteiger partial charge is 0.321 e. The van der Waals surface area contributed by atoms with E-state index in [2.05, 4.69) is 0 Å². The van der Waals surface area contributed by atoms with Gasteiger partial charge in [0.15, 0.2) is 0 Å². The topological polar surface area (TPSA) is 70.0 Å². The van der Waals surface area contributed by atoms with Gasteiger partial charge in [-0.05, 0) is 19.1 Å². The highest BCUT2D eigenvalue weighted by Crippen LogP contribution is 2.45. The van der Waals surface area contributed by atoms with Crippen LogP contribution < -0.4 is 4.74 Å². The van der Waals surface area contributed by atoms with Crippen molar-refractivity contribution in [3.05, 3.63) is 59.7 Å². The molecule has 1 aliphatic heterocycles. The first-order valence-corrected chi connectivity index (χ1v) is 9.25. The van der Waals surface area contributed by atoms with Gasteiger partial charge in [-0.15, -0.1) is 11.8 Å². The van der Waals surface area contributed by atoms with Gasteiger partial charge in [0.2, 0.25) is 0 Å². The second kappa shape index (κ2) is 7.80. The molecule has 0 saturated carbocycles. The lowest BCUT2D eigenvalue weighted by molar-refractivity contribution is -0.142. The minimum Gasteiger partial charge on any atom is -0.508 e. The first-order valence-electron chi connectivity index (χ1n) is 8.20. The van der Waals surface area contributed by atoms with Crippen molar-refractivity contribution < 1.29 is 19.7 Å². The van der Waals surface area contributed by atoms with E-state index in [1.54, 1.807) is 12.1 Å². The lowest BCUT2D eigenvalue weighted by Crippen LogP contribution is -2.38. The number of para-hydroxylation sites is 2. The van der Waals surface area contributed by atoms with Crippen molar-refractivity contribution in [3.8, 4) is 11.5 Å². The van der Waals surface area contributed by atoms with Gasteiger partial charge < -0.3 is 14.9 Å². The quantitative estimate of drug-likeness (QED) is 0.823. The molecule has 0 aromatic heterocycles. The minimum atomic E-state index is -0.848. The molecule has 2 aromatic carbocycles. The van der Waals surface area contributed by atoms with E-state index in [9.17, 15) is 15.0 Å². The third kappa shape index (κ3) is 3.75. The van der Waals surface area contributed by atoms with Gasteiger partial charge in [-0.2, -0.15) is 0 Å². The fourth-order valence-corrected chi connectivity index (χ4v) is 4.53. The van der Waals surface area contributed by atoms with Crippen LogP contribution in [0.2, 0.25) is 0 Å². The van der Waals surface area contributed by atoms with Crippen LogP contribution in [0.5, 0.6) is 11.5 Å². The van der Waals surface area contributed by atoms with E-state index < -0.39 is 12.0 Å². The Labute approximate surface area is 151 Å². The Morgan fingerprint density at radius 1 is 1.24 bits per heavy atom. The zero-order valence-electron chi connectivity index (χ0n) is 14.0. The van der Waals surface area contributed by atoms with Crippen molar-refractivity contribution in [1.29, 1.82) is 0 Å². The van der Waals surface area contributed by atoms with Crippen LogP contribution in [0, 0.1) is 0 Å². The second-order valence-corrected chi connectivity index (χ2v) is 6.92. The standard InChI is InChI=1S/C19H21NO4S/c1-2-24-17-10-6-3-7-13(17)11-20-15(19(22)23)12-25-18(20)14-8-4-5-9-16(14)21/h3-10,15,18,21H,2,11-12H2,1H3,(H,22,23). The predicted octanol–water partition coefficient (Wildman–Crippen LogP) is 3.49. The molecule has 2 atom stereocenters. The van der Waals surface area contributed by atoms with E-state index in [1.165, 1.54) is 11.8 Å². The molecule has 0 radical (unpaired) electrons. The number of rotatable bonds is 6. The molecule has 0 spiro atoms. The van der Waals surface area contributed by atoms with Gasteiger partial charge in [-0.25, -0.2) is 0 Å². The molecule has 0 aliphatic carbocycles. The van der Waals surface area contributed by atoms with Gasteiger partial charge in [0, 0.05) is 23.4 Å². The zero-order chi connectivity index (χ0) is 17.8. The first kappa shape index (κ1) is 17.6. The van der Waals surface area contributed by atoms with E-state index in [-0.39, 0.29) is 11.1 Å². The number of thioether (sulfide) groups is 1. The Balaban J connectivity index is 1.94. The molecule has 2 N–H and O–H groups in total. The summed E-state index contributed by atoms with van der Waals surface area (Å²) in [5.74, 6) is 0.584. The van der Waals surface area contributed by atoms with Crippen LogP contribution in [0.1, 0.15) is 23.4 Å². The molecule has 25 heavy (non-hydrogen) atoms. The molecule has 1 heterocycles. The molecule has 1 saturated heterocycles. The predicted molar refractivity (Wildman–Crippen MR) is 97.9 cm³/mol. The summed E-state index contributed by atoms with van der Waals surface area (Å²) in [6, 6.07) is 14.2. The monoisotopic (exact) mass is 359 g/mol. The molecule has 2 unspecified atom stereocenters. The average Bonchev–Trinajstić information content (AvgIpc) is 3.01. The van der Waals surface area contributed by atoms with E-state index in [1.807, 2.05) is 48.2 Å². The van der Waals surface area contributed by atoms with Gasteiger partial charge in [0.1, 0.15) is 17.5 Å². The maximum absolute atomic E-state index is 11.7. The van der Waals surface area contributed by atoms with E-state index in [4.69, 9.17) is 4.74 Å². The zero-order valence-corrected chi connectivity index (χ0v) is 14.8. The summed E-state index contributed by atoms with van der Waals surface area (Å²) < 4.78 is 5.68. The summed E-state index contributed by atoms with van der Waals surface area (Å²) in [7, 11) is 0. The largest absolute Gasteiger partial charge is 0.508 e. The number of benzene rings is 2. The van der Waals surface area contributed by atoms with Gasteiger partial charge in [-0.3, -0.25) is 9.69 Å². The van der Waals surface area contributed by atoms with Crippen LogP contribution >= 0.6 is 11.8 Å². The number of carboxylic acids is 1. The van der Waals surface area contributed by atoms with Crippen LogP contribution in [-0.2, 0) is 11.3 Å². The Bertz CT molecular complexity index is 752. The summed E-state index contributed by atoms with van der Waals surface area (Å²) >= 11 is 1.54. The summed E-state index contributed by atoms with van der Waals surface area (Å²) in [4.78, 5) is 13.6. The van der Waals surface area contributed by atoms with Gasteiger partial charge in [-0.1, -0.05) is 36.4 Å². The Hall–Kier alpha value is -2.18. The number of phenols is 1.